The van der Waals surface area contributed by atoms with Gasteiger partial charge < -0.3 is 30.1 Å². The number of nitrogens with one attached hydrogen (secondary N) is 2. The van der Waals surface area contributed by atoms with Crippen LogP contribution in [0.5, 0.6) is 0 Å². The molecule has 13 nitrogen and oxygen atoms in total. The van der Waals surface area contributed by atoms with Crippen molar-refractivity contribution in [2.75, 3.05) is 66.3 Å². The van der Waals surface area contributed by atoms with Crippen LogP contribution in [0.3, 0.4) is 0 Å². The summed E-state index contributed by atoms with van der Waals surface area (Å²) in [7, 11) is 0. The zero-order chi connectivity index (χ0) is 59.7. The molecule has 12 rings (SSSR count). The Hall–Kier alpha value is -8.97. The highest BCUT2D eigenvalue weighted by Gasteiger charge is 2.41. The van der Waals surface area contributed by atoms with Crippen molar-refractivity contribution in [3.63, 3.8) is 0 Å². The van der Waals surface area contributed by atoms with Crippen LogP contribution in [0.25, 0.3) is 21.5 Å². The number of hydrogen-bond acceptors (Lipinski definition) is 11. The van der Waals surface area contributed by atoms with Crippen molar-refractivity contribution in [1.29, 1.82) is 0 Å². The molecule has 86 heavy (non-hydrogen) atoms. The maximum absolute atomic E-state index is 13.8. The SMILES string of the molecule is CCN1/C(=C\C=C2/CCC/C(=C\C=C3\N(CC)c4ccccc4C3(C)C)C2=[N+]2CCN(C(=O)CCC(=O)OCCc3ccc(N=Nc4ccc(N=Nc5ccc6c7c(cccc57)NC(C)(C)N6)c5ccccc45)cc3)CC2)C(C)(C)c2ccccc21. The van der Waals surface area contributed by atoms with Crippen LogP contribution in [-0.2, 0) is 31.6 Å². The number of piperazine rings is 1. The maximum Gasteiger partial charge on any atom is 0.306 e. The van der Waals surface area contributed by atoms with Gasteiger partial charge in [0.25, 0.3) is 0 Å². The molecular weight excluding hydrogens is 1060 g/mol. The summed E-state index contributed by atoms with van der Waals surface area (Å²) in [5.41, 5.74) is 17.5. The van der Waals surface area contributed by atoms with E-state index in [0.717, 1.165) is 87.9 Å². The molecule has 0 bridgehead atoms. The maximum atomic E-state index is 13.8. The second-order valence-electron chi connectivity index (χ2n) is 24.8. The molecule has 7 aromatic carbocycles. The van der Waals surface area contributed by atoms with E-state index in [1.807, 2.05) is 77.7 Å². The number of esters is 1. The van der Waals surface area contributed by atoms with E-state index in [0.29, 0.717) is 38.3 Å². The predicted octanol–water partition coefficient (Wildman–Crippen LogP) is 17.0. The molecule has 1 saturated carbocycles. The quantitative estimate of drug-likeness (QED) is 0.0630. The van der Waals surface area contributed by atoms with Crippen LogP contribution in [-0.4, -0.2) is 78.6 Å². The van der Waals surface area contributed by atoms with Gasteiger partial charge >= 0.3 is 5.97 Å². The van der Waals surface area contributed by atoms with Gasteiger partial charge in [0.2, 0.25) is 11.6 Å². The Kier molecular flexibility index (Phi) is 15.9. The molecule has 1 saturated heterocycles. The van der Waals surface area contributed by atoms with Gasteiger partial charge in [0.05, 0.1) is 48.9 Å². The molecule has 4 aliphatic heterocycles. The molecule has 4 heterocycles. The number of carbonyl (C=O) groups is 2. The van der Waals surface area contributed by atoms with Crippen molar-refractivity contribution in [3.05, 3.63) is 203 Å². The van der Waals surface area contributed by atoms with E-state index in [4.69, 9.17) is 15.0 Å². The molecule has 0 atom stereocenters. The zero-order valence-corrected chi connectivity index (χ0v) is 51.1. The molecule has 0 unspecified atom stereocenters. The van der Waals surface area contributed by atoms with Gasteiger partial charge in [-0.05, 0) is 130 Å². The number of ether oxygens (including phenoxy) is 1. The molecule has 1 aliphatic carbocycles. The predicted molar refractivity (Wildman–Crippen MR) is 351 cm³/mol. The highest BCUT2D eigenvalue weighted by atomic mass is 16.5. The molecule has 438 valence electrons. The fraction of sp³-hybridized carbons (Fsp3) is 0.329. The van der Waals surface area contributed by atoms with Gasteiger partial charge in [-0.3, -0.25) is 9.59 Å². The molecule has 2 N–H and O–H groups in total. The average molecular weight is 1140 g/mol. The summed E-state index contributed by atoms with van der Waals surface area (Å²) in [5.74, 6) is -0.380. The van der Waals surface area contributed by atoms with Crippen LogP contribution in [0, 0.1) is 0 Å². The molecule has 13 heteroatoms. The first kappa shape index (κ1) is 57.5. The van der Waals surface area contributed by atoms with Gasteiger partial charge in [-0.15, -0.1) is 15.3 Å². The van der Waals surface area contributed by atoms with Crippen LogP contribution in [0.4, 0.5) is 45.5 Å². The van der Waals surface area contributed by atoms with Crippen LogP contribution in [0.1, 0.15) is 104 Å². The number of benzene rings is 7. The minimum atomic E-state index is -0.367. The third kappa shape index (κ3) is 11.3. The topological polar surface area (TPSA) is 130 Å². The zero-order valence-electron chi connectivity index (χ0n) is 51.1. The van der Waals surface area contributed by atoms with Gasteiger partial charge in [-0.25, -0.2) is 4.58 Å². The molecule has 0 spiro atoms. The molecule has 0 aromatic heterocycles. The summed E-state index contributed by atoms with van der Waals surface area (Å²) < 4.78 is 8.19. The van der Waals surface area contributed by atoms with E-state index < -0.39 is 0 Å². The molecule has 1 amide bonds. The summed E-state index contributed by atoms with van der Waals surface area (Å²) in [6, 6.07) is 47.6. The number of nitrogens with zero attached hydrogens (tertiary/aromatic N) is 8. The number of rotatable bonds is 14. The smallest absolute Gasteiger partial charge is 0.306 e. The van der Waals surface area contributed by atoms with Crippen molar-refractivity contribution >= 4 is 84.6 Å². The number of likely N-dealkylation sites (N-methyl/N-ethyl adjacent to an activating group) is 2. The normalized spacial score (nSPS) is 19.6. The third-order valence-corrected chi connectivity index (χ3v) is 18.0. The highest BCUT2D eigenvalue weighted by molar-refractivity contribution is 6.11. The van der Waals surface area contributed by atoms with Crippen molar-refractivity contribution in [2.24, 2.45) is 20.5 Å². The van der Waals surface area contributed by atoms with Crippen molar-refractivity contribution in [2.45, 2.75) is 110 Å². The number of hydrogen-bond donors (Lipinski definition) is 2. The van der Waals surface area contributed by atoms with E-state index >= 15 is 0 Å². The van der Waals surface area contributed by atoms with E-state index in [1.165, 1.54) is 50.8 Å². The number of carbonyl (C=O) groups excluding carboxylic acids is 2. The van der Waals surface area contributed by atoms with Crippen molar-refractivity contribution in [1.82, 2.24) is 4.90 Å². The first-order valence-electron chi connectivity index (χ1n) is 30.8. The first-order valence-corrected chi connectivity index (χ1v) is 30.8. The number of allylic oxidation sites excluding steroid dienone is 8. The van der Waals surface area contributed by atoms with E-state index in [-0.39, 0.29) is 47.8 Å². The summed E-state index contributed by atoms with van der Waals surface area (Å²) >= 11 is 0. The van der Waals surface area contributed by atoms with Crippen molar-refractivity contribution in [3.8, 4) is 0 Å². The molecule has 0 radical (unpaired) electrons. The van der Waals surface area contributed by atoms with E-state index in [2.05, 4.69) is 182 Å². The Balaban J connectivity index is 0.667. The number of para-hydroxylation sites is 2. The second kappa shape index (κ2) is 23.8. The Morgan fingerprint density at radius 3 is 1.66 bits per heavy atom. The lowest BCUT2D eigenvalue weighted by atomic mass is 9.82. The Morgan fingerprint density at radius 2 is 1.08 bits per heavy atom. The van der Waals surface area contributed by atoms with Gasteiger partial charge in [-0.2, -0.15) is 5.11 Å². The van der Waals surface area contributed by atoms with Crippen LogP contribution >= 0.6 is 0 Å². The van der Waals surface area contributed by atoms with Gasteiger partial charge in [-0.1, -0.05) is 125 Å². The van der Waals surface area contributed by atoms with E-state index in [1.54, 1.807) is 0 Å². The summed E-state index contributed by atoms with van der Waals surface area (Å²) in [4.78, 5) is 33.7. The number of azo groups is 2. The van der Waals surface area contributed by atoms with Crippen LogP contribution < -0.4 is 20.4 Å². The molecule has 7 aromatic rings. The molecule has 2 fully saturated rings. The average Bonchev–Trinajstić information content (AvgIpc) is 1.61. The Bertz CT molecular complexity index is 3900. The first-order chi connectivity index (χ1) is 41.6. The van der Waals surface area contributed by atoms with Gasteiger partial charge in [0.1, 0.15) is 5.66 Å². The van der Waals surface area contributed by atoms with E-state index in [9.17, 15) is 9.59 Å². The summed E-state index contributed by atoms with van der Waals surface area (Å²) in [6.07, 6.45) is 13.3. The molecular formula is C73H79N10O3+. The monoisotopic (exact) mass is 1140 g/mol. The van der Waals surface area contributed by atoms with Crippen LogP contribution in [0.15, 0.2) is 207 Å². The van der Waals surface area contributed by atoms with Crippen LogP contribution in [0.2, 0.25) is 0 Å². The minimum absolute atomic E-state index is 0.0133. The summed E-state index contributed by atoms with van der Waals surface area (Å²) in [6.45, 7) is 22.7. The minimum Gasteiger partial charge on any atom is -0.465 e. The Labute approximate surface area is 506 Å². The lowest BCUT2D eigenvalue weighted by molar-refractivity contribution is -0.537. The molecule has 5 aliphatic rings. The second-order valence-corrected chi connectivity index (χ2v) is 24.8. The third-order valence-electron chi connectivity index (χ3n) is 18.0. The van der Waals surface area contributed by atoms with Gasteiger partial charge in [0, 0.05) is 104 Å². The lowest BCUT2D eigenvalue weighted by Gasteiger charge is -2.36. The lowest BCUT2D eigenvalue weighted by Crippen LogP contribution is -2.47. The fourth-order valence-electron chi connectivity index (χ4n) is 13.6. The number of amides is 1. The van der Waals surface area contributed by atoms with Crippen molar-refractivity contribution < 1.29 is 18.9 Å². The van der Waals surface area contributed by atoms with Gasteiger partial charge in [0.15, 0.2) is 13.1 Å². The largest absolute Gasteiger partial charge is 0.465 e. The summed E-state index contributed by atoms with van der Waals surface area (Å²) in [5, 5.41) is 29.9. The standard InChI is InChI=1S/C73H79N10O3/c1-9-82-63-27-15-13-24-56(63)71(3,4)65(82)39-31-50-19-17-20-51(32-40-66-72(5,6)57-25-14-16-28-64(57)83(66)10-2)70(50)81-46-44-80(45-47-81)67(84)41-42-68(85)86-48-43-49-29-33-52(34-30-49)76-77-58-35-36-59(54-22-12-11-21-53(54)58)78-79-60-37-38-62-69-55(60)23-18-26-61(69)74-73(7,8)75-62/h11-16,18,21-40,74-75H,9-10,17,19-20,41-48H2,1-8H3/q+1. The highest BCUT2D eigenvalue weighted by Crippen LogP contribution is 2.50. The fourth-order valence-corrected chi connectivity index (χ4v) is 13.6. The number of fused-ring (bicyclic) bond motifs is 3. The Morgan fingerprint density at radius 1 is 0.570 bits per heavy atom. The number of anilines is 4.